The molecule has 9 nitrogen and oxygen atoms in total. The van der Waals surface area contributed by atoms with Gasteiger partial charge in [0.05, 0.1) is 30.7 Å². The molecule has 0 saturated heterocycles. The number of nitrogens with two attached hydrogens (primary N) is 1. The van der Waals surface area contributed by atoms with Gasteiger partial charge in [0.15, 0.2) is 6.17 Å². The van der Waals surface area contributed by atoms with Crippen LogP contribution in [-0.2, 0) is 18.3 Å². The van der Waals surface area contributed by atoms with Gasteiger partial charge in [-0.25, -0.2) is 9.98 Å². The molecule has 1 aliphatic carbocycles. The van der Waals surface area contributed by atoms with Crippen molar-refractivity contribution in [3.8, 4) is 0 Å². The molecule has 0 radical (unpaired) electrons. The maximum atomic E-state index is 13.0. The summed E-state index contributed by atoms with van der Waals surface area (Å²) >= 11 is 0. The first kappa shape index (κ1) is 19.5. The molecular weight excluding hydrogens is 357 g/mol. The van der Waals surface area contributed by atoms with Crippen molar-refractivity contribution in [3.05, 3.63) is 0 Å². The maximum Gasteiger partial charge on any atom is 0.356 e. The first-order valence-electron chi connectivity index (χ1n) is 8.96. The minimum absolute atomic E-state index is 0.0602. The van der Waals surface area contributed by atoms with E-state index in [9.17, 15) is 4.57 Å². The van der Waals surface area contributed by atoms with Crippen LogP contribution in [0, 0.1) is 0 Å². The van der Waals surface area contributed by atoms with Crippen LogP contribution in [0.2, 0.25) is 0 Å². The summed E-state index contributed by atoms with van der Waals surface area (Å²) in [5, 5.41) is 0. The average Bonchev–Trinajstić information content (AvgIpc) is 3.17. The summed E-state index contributed by atoms with van der Waals surface area (Å²) < 4.78 is 30.1. The number of aliphatic imine (C=N–C) groups is 3. The first-order valence-corrected chi connectivity index (χ1v) is 10.7. The maximum absolute atomic E-state index is 13.0. The lowest BCUT2D eigenvalue weighted by atomic mass is 10.2. The van der Waals surface area contributed by atoms with E-state index in [4.69, 9.17) is 19.5 Å². The number of amidine groups is 1. The fraction of sp³-hybridized carbons (Fsp3) is 0.812. The smallest absolute Gasteiger partial charge is 0.356 e. The number of hydrogen-bond acceptors (Lipinski definition) is 9. The zero-order valence-corrected chi connectivity index (χ0v) is 16.6. The van der Waals surface area contributed by atoms with Gasteiger partial charge >= 0.3 is 7.60 Å². The Bertz CT molecular complexity index is 645. The van der Waals surface area contributed by atoms with Crippen molar-refractivity contribution < 1.29 is 18.3 Å². The quantitative estimate of drug-likeness (QED) is 0.608. The van der Waals surface area contributed by atoms with Gasteiger partial charge in [-0.2, -0.15) is 0 Å². The second-order valence-electron chi connectivity index (χ2n) is 7.49. The molecule has 0 aromatic rings. The Hall–Kier alpha value is -1.28. The number of ether oxygens (including phenoxy) is 1. The molecule has 0 aromatic heterocycles. The van der Waals surface area contributed by atoms with Crippen LogP contribution < -0.4 is 5.73 Å². The molecule has 2 aliphatic heterocycles. The summed E-state index contributed by atoms with van der Waals surface area (Å²) in [5.74, 6) is 0.467. The van der Waals surface area contributed by atoms with E-state index in [1.165, 1.54) is 6.34 Å². The lowest BCUT2D eigenvalue weighted by Gasteiger charge is -2.30. The van der Waals surface area contributed by atoms with Crippen LogP contribution in [0.4, 0.5) is 0 Å². The van der Waals surface area contributed by atoms with E-state index in [1.807, 2.05) is 32.6 Å². The minimum Gasteiger partial charge on any atom is -0.385 e. The van der Waals surface area contributed by atoms with Crippen molar-refractivity contribution in [2.45, 2.75) is 70.6 Å². The first-order chi connectivity index (χ1) is 12.2. The number of fused-ring (bicyclic) bond motifs is 1. The summed E-state index contributed by atoms with van der Waals surface area (Å²) in [5.41, 5.74) is 5.51. The fourth-order valence-electron chi connectivity index (χ4n) is 3.02. The molecule has 2 N–H and O–H groups in total. The Kier molecular flexibility index (Phi) is 5.53. The SMILES string of the molecule is CC(C)OP(=O)(COC1(CN2C=NC3C(N)=NC=NC32)CC1)OC(C)C. The van der Waals surface area contributed by atoms with E-state index in [2.05, 4.69) is 15.0 Å². The predicted octanol–water partition coefficient (Wildman–Crippen LogP) is 1.97. The Morgan fingerprint density at radius 3 is 2.50 bits per heavy atom. The van der Waals surface area contributed by atoms with Gasteiger partial charge in [-0.15, -0.1) is 0 Å². The molecular formula is C16H28N5O4P. The summed E-state index contributed by atoms with van der Waals surface area (Å²) in [6.07, 6.45) is 4.33. The van der Waals surface area contributed by atoms with E-state index >= 15 is 0 Å². The molecule has 0 amide bonds. The summed E-state index contributed by atoms with van der Waals surface area (Å²) in [6.45, 7) is 7.92. The lowest BCUT2D eigenvalue weighted by molar-refractivity contribution is 0.0223. The molecule has 0 bridgehead atoms. The molecule has 2 atom stereocenters. The van der Waals surface area contributed by atoms with Gasteiger partial charge in [-0.3, -0.25) is 9.56 Å². The summed E-state index contributed by atoms with van der Waals surface area (Å²) in [4.78, 5) is 14.8. The molecule has 146 valence electrons. The largest absolute Gasteiger partial charge is 0.385 e. The van der Waals surface area contributed by atoms with Gasteiger partial charge in [0.1, 0.15) is 24.6 Å². The Labute approximate surface area is 154 Å². The average molecular weight is 385 g/mol. The molecule has 2 unspecified atom stereocenters. The van der Waals surface area contributed by atoms with Gasteiger partial charge in [-0.05, 0) is 40.5 Å². The van der Waals surface area contributed by atoms with Gasteiger partial charge < -0.3 is 24.4 Å². The Balaban J connectivity index is 1.59. The third kappa shape index (κ3) is 4.52. The second kappa shape index (κ2) is 7.38. The van der Waals surface area contributed by atoms with Gasteiger partial charge in [0.2, 0.25) is 0 Å². The van der Waals surface area contributed by atoms with Crippen molar-refractivity contribution >= 4 is 26.1 Å². The molecule has 3 rings (SSSR count). The van der Waals surface area contributed by atoms with Crippen LogP contribution in [0.5, 0.6) is 0 Å². The molecule has 2 heterocycles. The number of hydrogen-bond donors (Lipinski definition) is 1. The van der Waals surface area contributed by atoms with Crippen molar-refractivity contribution in [1.29, 1.82) is 0 Å². The lowest BCUT2D eigenvalue weighted by Crippen LogP contribution is -2.46. The molecule has 26 heavy (non-hydrogen) atoms. The normalized spacial score (nSPS) is 26.5. The molecule has 0 aromatic carbocycles. The molecule has 1 fully saturated rings. The number of nitrogens with zero attached hydrogens (tertiary/aromatic N) is 4. The Morgan fingerprint density at radius 2 is 1.92 bits per heavy atom. The molecule has 10 heteroatoms. The topological polar surface area (TPSA) is 111 Å². The predicted molar refractivity (Wildman–Crippen MR) is 101 cm³/mol. The highest BCUT2D eigenvalue weighted by atomic mass is 31.2. The van der Waals surface area contributed by atoms with E-state index in [0.29, 0.717) is 12.4 Å². The highest BCUT2D eigenvalue weighted by Crippen LogP contribution is 2.53. The van der Waals surface area contributed by atoms with Crippen molar-refractivity contribution in [1.82, 2.24) is 4.90 Å². The van der Waals surface area contributed by atoms with E-state index in [-0.39, 0.29) is 36.4 Å². The molecule has 3 aliphatic rings. The van der Waals surface area contributed by atoms with Crippen LogP contribution in [0.3, 0.4) is 0 Å². The monoisotopic (exact) mass is 385 g/mol. The van der Waals surface area contributed by atoms with Crippen LogP contribution in [0.25, 0.3) is 0 Å². The van der Waals surface area contributed by atoms with Gasteiger partial charge in [0.25, 0.3) is 0 Å². The fourth-order valence-corrected chi connectivity index (χ4v) is 4.91. The van der Waals surface area contributed by atoms with E-state index in [0.717, 1.165) is 12.8 Å². The molecule has 0 spiro atoms. The number of rotatable bonds is 9. The highest BCUT2D eigenvalue weighted by Gasteiger charge is 2.49. The van der Waals surface area contributed by atoms with Gasteiger partial charge in [0, 0.05) is 0 Å². The van der Waals surface area contributed by atoms with Crippen LogP contribution in [0.1, 0.15) is 40.5 Å². The summed E-state index contributed by atoms with van der Waals surface area (Å²) in [7, 11) is -3.31. The highest BCUT2D eigenvalue weighted by molar-refractivity contribution is 7.53. The van der Waals surface area contributed by atoms with Crippen molar-refractivity contribution in [2.75, 3.05) is 12.9 Å². The zero-order chi connectivity index (χ0) is 18.9. The van der Waals surface area contributed by atoms with Gasteiger partial charge in [-0.1, -0.05) is 0 Å². The third-order valence-corrected chi connectivity index (χ3v) is 6.21. The second-order valence-corrected chi connectivity index (χ2v) is 9.39. The molecule has 1 saturated carbocycles. The third-order valence-electron chi connectivity index (χ3n) is 4.28. The zero-order valence-electron chi connectivity index (χ0n) is 15.7. The van der Waals surface area contributed by atoms with Crippen LogP contribution >= 0.6 is 7.60 Å². The van der Waals surface area contributed by atoms with Crippen molar-refractivity contribution in [3.63, 3.8) is 0 Å². The van der Waals surface area contributed by atoms with Crippen molar-refractivity contribution in [2.24, 2.45) is 20.7 Å². The van der Waals surface area contributed by atoms with Crippen LogP contribution in [0.15, 0.2) is 15.0 Å². The van der Waals surface area contributed by atoms with E-state index in [1.54, 1.807) is 6.34 Å². The van der Waals surface area contributed by atoms with Crippen LogP contribution in [-0.4, -0.2) is 66.3 Å². The standard InChI is InChI=1S/C16H28N5O4P/c1-11(2)24-26(22,25-12(3)4)10-23-16(5-6-16)7-21-9-20-13-14(17)18-8-19-15(13)21/h8-9,11-13,15H,5-7,10H2,1-4H3,(H2,17,18,19). The summed E-state index contributed by atoms with van der Waals surface area (Å²) in [6, 6.07) is -0.240. The van der Waals surface area contributed by atoms with E-state index < -0.39 is 7.60 Å². The minimum atomic E-state index is -3.31. The Morgan fingerprint density at radius 1 is 1.27 bits per heavy atom.